The number of rotatable bonds is 4. The fourth-order valence-corrected chi connectivity index (χ4v) is 3.38. The van der Waals surface area contributed by atoms with Crippen LogP contribution in [0.15, 0.2) is 24.5 Å². The van der Waals surface area contributed by atoms with Gasteiger partial charge >= 0.3 is 0 Å². The number of pyridine rings is 1. The summed E-state index contributed by atoms with van der Waals surface area (Å²) in [5, 5.41) is 16.4. The van der Waals surface area contributed by atoms with Crippen molar-refractivity contribution in [2.75, 3.05) is 18.4 Å². The molecule has 1 saturated heterocycles. The molecule has 6 nitrogen and oxygen atoms in total. The number of nitrogens with one attached hydrogen (secondary N) is 2. The first-order valence-electron chi connectivity index (χ1n) is 8.31. The van der Waals surface area contributed by atoms with Crippen molar-refractivity contribution < 1.29 is 9.50 Å². The Morgan fingerprint density at radius 3 is 2.78 bits per heavy atom. The molecule has 3 heterocycles. The lowest BCUT2D eigenvalue weighted by molar-refractivity contribution is 0.192. The first kappa shape index (κ1) is 18.2. The molecular formula is C18H16Cl2FN5O. The molecule has 3 aromatic rings. The summed E-state index contributed by atoms with van der Waals surface area (Å²) < 4.78 is 14.4. The first-order chi connectivity index (χ1) is 12.9. The standard InChI is InChI=1S/C18H16Cl2FN5O/c1-18(6-22-7-18)5-12-13(27)4-11-16(25-12)17(24-8-23-11)26-10-3-2-9(19)14(20)15(10)21/h2-4,8,22,27H,5-7H2,1H3,(H,23,24,26). The van der Waals surface area contributed by atoms with Gasteiger partial charge in [0.15, 0.2) is 11.6 Å². The molecule has 0 saturated carbocycles. The van der Waals surface area contributed by atoms with Crippen LogP contribution in [0.5, 0.6) is 5.75 Å². The number of aromatic hydroxyl groups is 1. The van der Waals surface area contributed by atoms with Crippen molar-refractivity contribution in [1.82, 2.24) is 20.3 Å². The molecule has 0 unspecified atom stereocenters. The number of nitrogens with zero attached hydrogens (tertiary/aromatic N) is 3. The largest absolute Gasteiger partial charge is 0.506 e. The normalized spacial score (nSPS) is 15.6. The topological polar surface area (TPSA) is 83.0 Å². The van der Waals surface area contributed by atoms with E-state index in [1.807, 2.05) is 0 Å². The van der Waals surface area contributed by atoms with Gasteiger partial charge in [0.1, 0.15) is 17.6 Å². The van der Waals surface area contributed by atoms with Gasteiger partial charge in [-0.3, -0.25) is 0 Å². The van der Waals surface area contributed by atoms with Crippen LogP contribution in [0, 0.1) is 11.2 Å². The van der Waals surface area contributed by atoms with Crippen molar-refractivity contribution >= 4 is 45.7 Å². The molecule has 0 atom stereocenters. The quantitative estimate of drug-likeness (QED) is 0.565. The van der Waals surface area contributed by atoms with E-state index in [0.29, 0.717) is 29.0 Å². The van der Waals surface area contributed by atoms with Crippen molar-refractivity contribution in [3.05, 3.63) is 46.1 Å². The Kier molecular flexibility index (Phi) is 4.53. The third kappa shape index (κ3) is 3.38. The molecule has 0 aliphatic carbocycles. The number of anilines is 2. The van der Waals surface area contributed by atoms with E-state index in [-0.39, 0.29) is 26.9 Å². The summed E-state index contributed by atoms with van der Waals surface area (Å²) in [7, 11) is 0. The Morgan fingerprint density at radius 2 is 2.07 bits per heavy atom. The van der Waals surface area contributed by atoms with E-state index in [1.54, 1.807) is 6.07 Å². The zero-order valence-corrected chi connectivity index (χ0v) is 15.9. The van der Waals surface area contributed by atoms with E-state index in [9.17, 15) is 9.50 Å². The number of hydrogen-bond acceptors (Lipinski definition) is 6. The van der Waals surface area contributed by atoms with E-state index in [0.717, 1.165) is 13.1 Å². The SMILES string of the molecule is CC1(Cc2nc3c(Nc4ccc(Cl)c(Cl)c4F)ncnc3cc2O)CNC1. The number of fused-ring (bicyclic) bond motifs is 1. The lowest BCUT2D eigenvalue weighted by Crippen LogP contribution is -2.52. The summed E-state index contributed by atoms with van der Waals surface area (Å²) in [5.74, 6) is -0.278. The molecular weight excluding hydrogens is 392 g/mol. The zero-order valence-electron chi connectivity index (χ0n) is 14.4. The third-order valence-electron chi connectivity index (χ3n) is 4.65. The minimum Gasteiger partial charge on any atom is -0.506 e. The van der Waals surface area contributed by atoms with Gasteiger partial charge in [0.05, 0.1) is 26.9 Å². The van der Waals surface area contributed by atoms with Crippen LogP contribution < -0.4 is 10.6 Å². The van der Waals surface area contributed by atoms with Gasteiger partial charge in [0.2, 0.25) is 0 Å². The maximum atomic E-state index is 14.4. The monoisotopic (exact) mass is 407 g/mol. The number of hydrogen-bond donors (Lipinski definition) is 3. The van der Waals surface area contributed by atoms with E-state index in [1.165, 1.54) is 18.5 Å². The van der Waals surface area contributed by atoms with Gasteiger partial charge in [-0.25, -0.2) is 19.3 Å². The molecule has 9 heteroatoms. The Hall–Kier alpha value is -2.22. The lowest BCUT2D eigenvalue weighted by Gasteiger charge is -2.39. The lowest BCUT2D eigenvalue weighted by atomic mass is 9.79. The van der Waals surface area contributed by atoms with Crippen LogP contribution >= 0.6 is 23.2 Å². The third-order valence-corrected chi connectivity index (χ3v) is 5.43. The van der Waals surface area contributed by atoms with E-state index in [4.69, 9.17) is 23.2 Å². The van der Waals surface area contributed by atoms with E-state index >= 15 is 0 Å². The van der Waals surface area contributed by atoms with Crippen molar-refractivity contribution in [3.8, 4) is 5.75 Å². The van der Waals surface area contributed by atoms with E-state index in [2.05, 4.69) is 32.5 Å². The summed E-state index contributed by atoms with van der Waals surface area (Å²) in [5.41, 5.74) is 1.60. The van der Waals surface area contributed by atoms with Crippen LogP contribution in [-0.4, -0.2) is 33.1 Å². The number of aromatic nitrogens is 3. The molecule has 0 radical (unpaired) electrons. The predicted octanol–water partition coefficient (Wildman–Crippen LogP) is 4.07. The highest BCUT2D eigenvalue weighted by atomic mass is 35.5. The molecule has 0 spiro atoms. The van der Waals surface area contributed by atoms with Crippen molar-refractivity contribution in [2.45, 2.75) is 13.3 Å². The van der Waals surface area contributed by atoms with Gasteiger partial charge in [0.25, 0.3) is 0 Å². The molecule has 0 amide bonds. The fraction of sp³-hybridized carbons (Fsp3) is 0.278. The molecule has 27 heavy (non-hydrogen) atoms. The second kappa shape index (κ2) is 6.74. The average molecular weight is 408 g/mol. The Balaban J connectivity index is 1.76. The highest BCUT2D eigenvalue weighted by molar-refractivity contribution is 6.42. The number of halogens is 3. The number of benzene rings is 1. The van der Waals surface area contributed by atoms with Gasteiger partial charge in [-0.05, 0) is 17.5 Å². The molecule has 1 aliphatic rings. The molecule has 1 fully saturated rings. The summed E-state index contributed by atoms with van der Waals surface area (Å²) in [6.45, 7) is 3.84. The molecule has 1 aromatic carbocycles. The minimum absolute atomic E-state index is 0.0389. The van der Waals surface area contributed by atoms with Gasteiger partial charge in [-0.1, -0.05) is 30.1 Å². The predicted molar refractivity (Wildman–Crippen MR) is 103 cm³/mol. The van der Waals surface area contributed by atoms with Crippen molar-refractivity contribution in [2.24, 2.45) is 5.41 Å². The first-order valence-corrected chi connectivity index (χ1v) is 9.07. The fourth-order valence-electron chi connectivity index (χ4n) is 3.07. The van der Waals surface area contributed by atoms with Gasteiger partial charge in [-0.2, -0.15) is 0 Å². The van der Waals surface area contributed by atoms with Gasteiger partial charge in [-0.15, -0.1) is 0 Å². The highest BCUT2D eigenvalue weighted by Crippen LogP contribution is 2.34. The zero-order chi connectivity index (χ0) is 19.2. The smallest absolute Gasteiger partial charge is 0.166 e. The molecule has 1 aliphatic heterocycles. The van der Waals surface area contributed by atoms with Crippen LogP contribution in [0.2, 0.25) is 10.0 Å². The second-order valence-electron chi connectivity index (χ2n) is 6.98. The second-order valence-corrected chi connectivity index (χ2v) is 7.77. The summed E-state index contributed by atoms with van der Waals surface area (Å²) >= 11 is 11.7. The molecule has 0 bridgehead atoms. The Morgan fingerprint density at radius 1 is 1.30 bits per heavy atom. The van der Waals surface area contributed by atoms with E-state index < -0.39 is 5.82 Å². The maximum Gasteiger partial charge on any atom is 0.166 e. The van der Waals surface area contributed by atoms with Crippen LogP contribution in [0.3, 0.4) is 0 Å². The van der Waals surface area contributed by atoms with Crippen molar-refractivity contribution in [1.29, 1.82) is 0 Å². The maximum absolute atomic E-state index is 14.4. The van der Waals surface area contributed by atoms with Crippen LogP contribution in [-0.2, 0) is 6.42 Å². The molecule has 4 rings (SSSR count). The summed E-state index contributed by atoms with van der Waals surface area (Å²) in [4.78, 5) is 12.9. The molecule has 140 valence electrons. The summed E-state index contributed by atoms with van der Waals surface area (Å²) in [6, 6.07) is 4.51. The van der Waals surface area contributed by atoms with Crippen molar-refractivity contribution in [3.63, 3.8) is 0 Å². The Labute approximate surface area is 164 Å². The minimum atomic E-state index is -0.678. The van der Waals surface area contributed by atoms with Crippen LogP contribution in [0.25, 0.3) is 11.0 Å². The van der Waals surface area contributed by atoms with Gasteiger partial charge in [0, 0.05) is 25.6 Å². The molecule has 3 N–H and O–H groups in total. The van der Waals surface area contributed by atoms with Crippen LogP contribution in [0.4, 0.5) is 15.9 Å². The summed E-state index contributed by atoms with van der Waals surface area (Å²) in [6.07, 6.45) is 1.93. The molecule has 2 aromatic heterocycles. The van der Waals surface area contributed by atoms with Gasteiger partial charge < -0.3 is 15.7 Å². The Bertz CT molecular complexity index is 1040. The highest BCUT2D eigenvalue weighted by Gasteiger charge is 2.33. The van der Waals surface area contributed by atoms with Crippen LogP contribution in [0.1, 0.15) is 12.6 Å². The average Bonchev–Trinajstić information content (AvgIpc) is 2.62.